The molecule has 1 unspecified atom stereocenters. The molecule has 0 radical (unpaired) electrons. The first-order chi connectivity index (χ1) is 15.5. The van der Waals surface area contributed by atoms with E-state index in [1.165, 1.54) is 11.3 Å². The summed E-state index contributed by atoms with van der Waals surface area (Å²) in [7, 11) is 0. The molecule has 4 aromatic rings. The van der Waals surface area contributed by atoms with Gasteiger partial charge in [0.1, 0.15) is 0 Å². The van der Waals surface area contributed by atoms with E-state index < -0.39 is 5.92 Å². The summed E-state index contributed by atoms with van der Waals surface area (Å²) in [6, 6.07) is 17.8. The quantitative estimate of drug-likeness (QED) is 0.383. The van der Waals surface area contributed by atoms with Gasteiger partial charge in [-0.2, -0.15) is 0 Å². The van der Waals surface area contributed by atoms with Gasteiger partial charge in [0.2, 0.25) is 5.91 Å². The van der Waals surface area contributed by atoms with Crippen molar-refractivity contribution in [3.05, 3.63) is 94.2 Å². The second-order valence-electron chi connectivity index (χ2n) is 7.38. The number of nitrogens with one attached hydrogen (secondary N) is 1. The van der Waals surface area contributed by atoms with Crippen LogP contribution in [0.1, 0.15) is 32.2 Å². The highest BCUT2D eigenvalue weighted by Crippen LogP contribution is 2.31. The molecule has 3 amide bonds. The van der Waals surface area contributed by atoms with Crippen LogP contribution >= 0.6 is 27.3 Å². The second-order valence-corrected chi connectivity index (χ2v) is 9.38. The number of aromatic nitrogens is 1. The van der Waals surface area contributed by atoms with Crippen LogP contribution in [0.5, 0.6) is 0 Å². The molecule has 0 saturated heterocycles. The lowest BCUT2D eigenvalue weighted by Crippen LogP contribution is -2.38. The molecule has 2 aromatic carbocycles. The maximum absolute atomic E-state index is 13.4. The Morgan fingerprint density at radius 1 is 1.03 bits per heavy atom. The van der Waals surface area contributed by atoms with Gasteiger partial charge in [-0.3, -0.25) is 24.3 Å². The van der Waals surface area contributed by atoms with Crippen LogP contribution in [0.15, 0.2) is 77.5 Å². The Morgan fingerprint density at radius 3 is 2.38 bits per heavy atom. The molecular formula is C24H16BrN3O3S. The fourth-order valence-electron chi connectivity index (χ4n) is 3.78. The first-order valence-electron chi connectivity index (χ1n) is 9.86. The molecule has 3 heterocycles. The second kappa shape index (κ2) is 8.29. The highest BCUT2D eigenvalue weighted by atomic mass is 79.9. The Kier molecular flexibility index (Phi) is 5.32. The lowest BCUT2D eigenvalue weighted by molar-refractivity contribution is -0.117. The van der Waals surface area contributed by atoms with E-state index in [2.05, 4.69) is 26.2 Å². The average molecular weight is 506 g/mol. The molecule has 5 rings (SSSR count). The van der Waals surface area contributed by atoms with Gasteiger partial charge in [-0.15, -0.1) is 11.3 Å². The summed E-state index contributed by atoms with van der Waals surface area (Å²) in [6.45, 7) is -0.0493. The number of rotatable bonds is 5. The first-order valence-corrected chi connectivity index (χ1v) is 11.5. The van der Waals surface area contributed by atoms with Gasteiger partial charge in [0, 0.05) is 23.4 Å². The van der Waals surface area contributed by atoms with E-state index in [0.717, 1.165) is 19.5 Å². The number of nitrogens with zero attached hydrogens (tertiary/aromatic N) is 2. The summed E-state index contributed by atoms with van der Waals surface area (Å²) in [5, 5.41) is 4.63. The Balaban J connectivity index is 1.45. The van der Waals surface area contributed by atoms with Crippen molar-refractivity contribution in [2.24, 2.45) is 0 Å². The van der Waals surface area contributed by atoms with Crippen molar-refractivity contribution < 1.29 is 14.4 Å². The number of benzene rings is 2. The van der Waals surface area contributed by atoms with Crippen LogP contribution in [0.3, 0.4) is 0 Å². The smallest absolute Gasteiger partial charge is 0.261 e. The number of imide groups is 1. The van der Waals surface area contributed by atoms with Crippen LogP contribution in [-0.4, -0.2) is 34.2 Å². The molecule has 6 nitrogen and oxygen atoms in total. The molecule has 0 fully saturated rings. The summed E-state index contributed by atoms with van der Waals surface area (Å²) in [5.74, 6) is -1.78. The molecule has 0 saturated carbocycles. The SMILES string of the molecule is O=C(Nc1cc2ccncc2s1)C(CN1C(=O)c2ccccc2C1=O)c1ccc(Br)cc1. The van der Waals surface area contributed by atoms with E-state index in [-0.39, 0.29) is 24.3 Å². The number of pyridine rings is 1. The number of hydrogen-bond donors (Lipinski definition) is 1. The van der Waals surface area contributed by atoms with E-state index >= 15 is 0 Å². The Labute approximate surface area is 196 Å². The third-order valence-electron chi connectivity index (χ3n) is 5.40. The zero-order valence-electron chi connectivity index (χ0n) is 16.6. The predicted molar refractivity (Wildman–Crippen MR) is 127 cm³/mol. The summed E-state index contributed by atoms with van der Waals surface area (Å²) in [4.78, 5) is 44.4. The normalized spacial score (nSPS) is 14.0. The zero-order valence-corrected chi connectivity index (χ0v) is 19.0. The van der Waals surface area contributed by atoms with Crippen molar-refractivity contribution in [1.82, 2.24) is 9.88 Å². The third-order valence-corrected chi connectivity index (χ3v) is 6.93. The van der Waals surface area contributed by atoms with Crippen molar-refractivity contribution in [1.29, 1.82) is 0 Å². The third kappa shape index (κ3) is 3.72. The number of hydrogen-bond acceptors (Lipinski definition) is 5. The first kappa shape index (κ1) is 20.5. The molecule has 32 heavy (non-hydrogen) atoms. The van der Waals surface area contributed by atoms with Gasteiger partial charge in [-0.25, -0.2) is 0 Å². The van der Waals surface area contributed by atoms with Crippen LogP contribution < -0.4 is 5.32 Å². The van der Waals surface area contributed by atoms with E-state index in [1.54, 1.807) is 36.7 Å². The van der Waals surface area contributed by atoms with Crippen molar-refractivity contribution >= 4 is 60.1 Å². The molecule has 0 aliphatic carbocycles. The molecule has 0 bridgehead atoms. The van der Waals surface area contributed by atoms with E-state index in [0.29, 0.717) is 21.7 Å². The molecule has 2 aromatic heterocycles. The minimum atomic E-state index is -0.728. The van der Waals surface area contributed by atoms with Crippen LogP contribution in [0, 0.1) is 0 Å². The van der Waals surface area contributed by atoms with Crippen molar-refractivity contribution in [3.63, 3.8) is 0 Å². The maximum Gasteiger partial charge on any atom is 0.261 e. The molecular weight excluding hydrogens is 490 g/mol. The topological polar surface area (TPSA) is 79.4 Å². The summed E-state index contributed by atoms with van der Waals surface area (Å²) >= 11 is 4.83. The summed E-state index contributed by atoms with van der Waals surface area (Å²) in [6.07, 6.45) is 3.45. The number of halogens is 1. The van der Waals surface area contributed by atoms with Crippen molar-refractivity contribution in [3.8, 4) is 0 Å². The monoisotopic (exact) mass is 505 g/mol. The van der Waals surface area contributed by atoms with Gasteiger partial charge in [-0.05, 0) is 47.3 Å². The fraction of sp³-hybridized carbons (Fsp3) is 0.0833. The van der Waals surface area contributed by atoms with Crippen molar-refractivity contribution in [2.45, 2.75) is 5.92 Å². The van der Waals surface area contributed by atoms with Gasteiger partial charge in [0.15, 0.2) is 0 Å². The summed E-state index contributed by atoms with van der Waals surface area (Å²) in [5.41, 5.74) is 1.44. The number of thiophene rings is 1. The number of amides is 3. The largest absolute Gasteiger partial charge is 0.317 e. The molecule has 158 valence electrons. The van der Waals surface area contributed by atoms with E-state index in [9.17, 15) is 14.4 Å². The minimum Gasteiger partial charge on any atom is -0.317 e. The van der Waals surface area contributed by atoms with E-state index in [1.807, 2.05) is 36.4 Å². The number of carbonyl (C=O) groups excluding carboxylic acids is 3. The molecule has 1 N–H and O–H groups in total. The fourth-order valence-corrected chi connectivity index (χ4v) is 4.97. The Morgan fingerprint density at radius 2 is 1.72 bits per heavy atom. The summed E-state index contributed by atoms with van der Waals surface area (Å²) < 4.78 is 1.83. The number of carbonyl (C=O) groups is 3. The highest BCUT2D eigenvalue weighted by molar-refractivity contribution is 9.10. The van der Waals surface area contributed by atoms with Crippen LogP contribution in [0.25, 0.3) is 10.1 Å². The average Bonchev–Trinajstić information content (AvgIpc) is 3.31. The van der Waals surface area contributed by atoms with Gasteiger partial charge in [-0.1, -0.05) is 40.2 Å². The molecule has 0 spiro atoms. The Bertz CT molecular complexity index is 1300. The molecule has 1 atom stereocenters. The Hall–Kier alpha value is -3.36. The lowest BCUT2D eigenvalue weighted by atomic mass is 9.97. The molecule has 8 heteroatoms. The highest BCUT2D eigenvalue weighted by Gasteiger charge is 2.38. The number of fused-ring (bicyclic) bond motifs is 2. The van der Waals surface area contributed by atoms with Crippen LogP contribution in [0.2, 0.25) is 0 Å². The van der Waals surface area contributed by atoms with Crippen molar-refractivity contribution in [2.75, 3.05) is 11.9 Å². The molecule has 1 aliphatic heterocycles. The predicted octanol–water partition coefficient (Wildman–Crippen LogP) is 5.08. The van der Waals surface area contributed by atoms with Gasteiger partial charge in [0.25, 0.3) is 11.8 Å². The van der Waals surface area contributed by atoms with Gasteiger partial charge < -0.3 is 5.32 Å². The van der Waals surface area contributed by atoms with E-state index in [4.69, 9.17) is 0 Å². The van der Waals surface area contributed by atoms with Gasteiger partial charge >= 0.3 is 0 Å². The van der Waals surface area contributed by atoms with Crippen LogP contribution in [0.4, 0.5) is 5.00 Å². The maximum atomic E-state index is 13.4. The number of anilines is 1. The zero-order chi connectivity index (χ0) is 22.2. The minimum absolute atomic E-state index is 0.0493. The standard InChI is InChI=1S/C24H16BrN3O3S/c25-16-7-5-14(6-8-16)19(13-28-23(30)17-3-1-2-4-18(17)24(28)31)22(29)27-21-11-15-9-10-26-12-20(15)32-21/h1-12,19H,13H2,(H,27,29). The molecule has 1 aliphatic rings. The van der Waals surface area contributed by atoms with Gasteiger partial charge in [0.05, 0.1) is 26.7 Å². The lowest BCUT2D eigenvalue weighted by Gasteiger charge is -2.22. The van der Waals surface area contributed by atoms with Crippen LogP contribution in [-0.2, 0) is 4.79 Å².